The third-order valence-electron chi connectivity index (χ3n) is 3.49. The van der Waals surface area contributed by atoms with E-state index >= 15 is 0 Å². The minimum absolute atomic E-state index is 1.11. The zero-order chi connectivity index (χ0) is 12.4. The second kappa shape index (κ2) is 4.82. The molecular formula is C14H18N4. The van der Waals surface area contributed by atoms with Gasteiger partial charge in [-0.2, -0.15) is 5.10 Å². The average molecular weight is 242 g/mol. The summed E-state index contributed by atoms with van der Waals surface area (Å²) in [5.74, 6) is 0. The molecule has 1 aromatic heterocycles. The van der Waals surface area contributed by atoms with Crippen molar-refractivity contribution in [2.45, 2.75) is 0 Å². The molecule has 18 heavy (non-hydrogen) atoms. The van der Waals surface area contributed by atoms with Crippen LogP contribution in [-0.2, 0) is 0 Å². The molecule has 0 aliphatic carbocycles. The monoisotopic (exact) mass is 242 g/mol. The number of nitrogens with zero attached hydrogens (tertiary/aromatic N) is 4. The summed E-state index contributed by atoms with van der Waals surface area (Å²) in [6.45, 7) is 4.50. The van der Waals surface area contributed by atoms with Crippen LogP contribution in [0.25, 0.3) is 5.69 Å². The SMILES string of the molecule is CN1CCN(c2ccc(-n3cccn3)cc2)CC1. The van der Waals surface area contributed by atoms with Gasteiger partial charge in [0.15, 0.2) is 0 Å². The standard InChI is InChI=1S/C14H18N4/c1-16-9-11-17(12-10-16)13-3-5-14(6-4-13)18-8-2-7-15-18/h2-8H,9-12H2,1H3. The lowest BCUT2D eigenvalue weighted by atomic mass is 10.2. The molecule has 3 rings (SSSR count). The second-order valence-corrected chi connectivity index (χ2v) is 4.76. The van der Waals surface area contributed by atoms with E-state index in [1.165, 1.54) is 5.69 Å². The molecule has 1 saturated heterocycles. The summed E-state index contributed by atoms with van der Waals surface area (Å²) in [6.07, 6.45) is 3.76. The number of piperazine rings is 1. The number of likely N-dealkylation sites (N-methyl/N-ethyl adjacent to an activating group) is 1. The first kappa shape index (κ1) is 11.3. The maximum Gasteiger partial charge on any atom is 0.0647 e. The molecule has 0 radical (unpaired) electrons. The van der Waals surface area contributed by atoms with Crippen LogP contribution in [0.2, 0.25) is 0 Å². The first-order valence-electron chi connectivity index (χ1n) is 6.36. The Morgan fingerprint density at radius 1 is 0.944 bits per heavy atom. The highest BCUT2D eigenvalue weighted by Crippen LogP contribution is 2.18. The summed E-state index contributed by atoms with van der Waals surface area (Å²) in [5.41, 5.74) is 2.41. The molecule has 1 fully saturated rings. The van der Waals surface area contributed by atoms with Gasteiger partial charge >= 0.3 is 0 Å². The summed E-state index contributed by atoms with van der Waals surface area (Å²) >= 11 is 0. The first-order chi connectivity index (χ1) is 8.83. The van der Waals surface area contributed by atoms with Crippen LogP contribution in [0.3, 0.4) is 0 Å². The van der Waals surface area contributed by atoms with Crippen LogP contribution in [0.1, 0.15) is 0 Å². The molecule has 2 heterocycles. The van der Waals surface area contributed by atoms with E-state index in [0.29, 0.717) is 0 Å². The van der Waals surface area contributed by atoms with Crippen molar-refractivity contribution >= 4 is 5.69 Å². The van der Waals surface area contributed by atoms with Crippen LogP contribution >= 0.6 is 0 Å². The van der Waals surface area contributed by atoms with Gasteiger partial charge in [-0.05, 0) is 37.4 Å². The summed E-state index contributed by atoms with van der Waals surface area (Å²) in [7, 11) is 2.18. The molecule has 0 amide bonds. The molecule has 0 spiro atoms. The molecule has 1 aliphatic rings. The fourth-order valence-electron chi connectivity index (χ4n) is 2.30. The maximum atomic E-state index is 4.23. The van der Waals surface area contributed by atoms with Gasteiger partial charge in [0.25, 0.3) is 0 Å². The van der Waals surface area contributed by atoms with Crippen molar-refractivity contribution in [3.05, 3.63) is 42.7 Å². The average Bonchev–Trinajstić information content (AvgIpc) is 2.94. The Balaban J connectivity index is 1.75. The van der Waals surface area contributed by atoms with Gasteiger partial charge in [0.1, 0.15) is 0 Å². The van der Waals surface area contributed by atoms with Crippen molar-refractivity contribution in [2.24, 2.45) is 0 Å². The second-order valence-electron chi connectivity index (χ2n) is 4.76. The van der Waals surface area contributed by atoms with Crippen LogP contribution in [0, 0.1) is 0 Å². The summed E-state index contributed by atoms with van der Waals surface area (Å²) in [5, 5.41) is 4.23. The maximum absolute atomic E-state index is 4.23. The van der Waals surface area contributed by atoms with E-state index in [1.807, 2.05) is 16.9 Å². The van der Waals surface area contributed by atoms with Gasteiger partial charge in [-0.25, -0.2) is 4.68 Å². The Kier molecular flexibility index (Phi) is 3.02. The van der Waals surface area contributed by atoms with Crippen molar-refractivity contribution in [1.82, 2.24) is 14.7 Å². The van der Waals surface area contributed by atoms with Gasteiger partial charge in [-0.15, -0.1) is 0 Å². The number of aromatic nitrogens is 2. The van der Waals surface area contributed by atoms with Crippen molar-refractivity contribution in [3.63, 3.8) is 0 Å². The van der Waals surface area contributed by atoms with E-state index in [9.17, 15) is 0 Å². The minimum atomic E-state index is 1.11. The first-order valence-corrected chi connectivity index (χ1v) is 6.36. The molecule has 0 atom stereocenters. The Morgan fingerprint density at radius 3 is 2.22 bits per heavy atom. The fraction of sp³-hybridized carbons (Fsp3) is 0.357. The Labute approximate surface area is 107 Å². The molecule has 0 saturated carbocycles. The zero-order valence-corrected chi connectivity index (χ0v) is 10.7. The van der Waals surface area contributed by atoms with Gasteiger partial charge < -0.3 is 9.80 Å². The van der Waals surface area contributed by atoms with Crippen molar-refractivity contribution in [1.29, 1.82) is 0 Å². The Bertz CT molecular complexity index is 481. The molecule has 2 aromatic rings. The number of hydrogen-bond donors (Lipinski definition) is 0. The summed E-state index contributed by atoms with van der Waals surface area (Å²) < 4.78 is 1.88. The molecule has 0 N–H and O–H groups in total. The molecular weight excluding hydrogens is 224 g/mol. The smallest absolute Gasteiger partial charge is 0.0647 e. The summed E-state index contributed by atoms with van der Waals surface area (Å²) in [4.78, 5) is 4.81. The van der Waals surface area contributed by atoms with Gasteiger partial charge in [0.05, 0.1) is 5.69 Å². The number of benzene rings is 1. The van der Waals surface area contributed by atoms with E-state index in [4.69, 9.17) is 0 Å². The summed E-state index contributed by atoms with van der Waals surface area (Å²) in [6, 6.07) is 10.6. The van der Waals surface area contributed by atoms with Crippen molar-refractivity contribution in [2.75, 3.05) is 38.1 Å². The van der Waals surface area contributed by atoms with Crippen LogP contribution in [-0.4, -0.2) is 47.9 Å². The molecule has 1 aliphatic heterocycles. The van der Waals surface area contributed by atoms with Gasteiger partial charge in [0, 0.05) is 44.3 Å². The van der Waals surface area contributed by atoms with Gasteiger partial charge in [-0.1, -0.05) is 0 Å². The number of rotatable bonds is 2. The lowest BCUT2D eigenvalue weighted by Crippen LogP contribution is -2.44. The van der Waals surface area contributed by atoms with Crippen LogP contribution < -0.4 is 4.90 Å². The lowest BCUT2D eigenvalue weighted by Gasteiger charge is -2.34. The van der Waals surface area contributed by atoms with E-state index in [-0.39, 0.29) is 0 Å². The largest absolute Gasteiger partial charge is 0.369 e. The number of anilines is 1. The third-order valence-corrected chi connectivity index (χ3v) is 3.49. The Morgan fingerprint density at radius 2 is 1.61 bits per heavy atom. The topological polar surface area (TPSA) is 24.3 Å². The van der Waals surface area contributed by atoms with E-state index in [2.05, 4.69) is 46.2 Å². The van der Waals surface area contributed by atoms with Crippen molar-refractivity contribution < 1.29 is 0 Å². The van der Waals surface area contributed by atoms with Crippen LogP contribution in [0.4, 0.5) is 5.69 Å². The molecule has 0 unspecified atom stereocenters. The van der Waals surface area contributed by atoms with E-state index in [0.717, 1.165) is 31.9 Å². The fourth-order valence-corrected chi connectivity index (χ4v) is 2.30. The number of hydrogen-bond acceptors (Lipinski definition) is 3. The predicted molar refractivity (Wildman–Crippen MR) is 73.3 cm³/mol. The van der Waals surface area contributed by atoms with Gasteiger partial charge in [-0.3, -0.25) is 0 Å². The highest BCUT2D eigenvalue weighted by molar-refractivity contribution is 5.51. The van der Waals surface area contributed by atoms with E-state index in [1.54, 1.807) is 6.20 Å². The molecule has 4 heteroatoms. The normalized spacial score (nSPS) is 17.1. The highest BCUT2D eigenvalue weighted by Gasteiger charge is 2.13. The lowest BCUT2D eigenvalue weighted by molar-refractivity contribution is 0.313. The van der Waals surface area contributed by atoms with Crippen LogP contribution in [0.5, 0.6) is 0 Å². The van der Waals surface area contributed by atoms with Gasteiger partial charge in [0.2, 0.25) is 0 Å². The quantitative estimate of drug-likeness (QED) is 0.800. The molecule has 94 valence electrons. The minimum Gasteiger partial charge on any atom is -0.369 e. The molecule has 0 bridgehead atoms. The third kappa shape index (κ3) is 2.24. The highest BCUT2D eigenvalue weighted by atomic mass is 15.3. The predicted octanol–water partition coefficient (Wildman–Crippen LogP) is 1.62. The van der Waals surface area contributed by atoms with Crippen molar-refractivity contribution in [3.8, 4) is 5.69 Å². The van der Waals surface area contributed by atoms with E-state index < -0.39 is 0 Å². The molecule has 1 aromatic carbocycles. The molecule has 4 nitrogen and oxygen atoms in total. The Hall–Kier alpha value is -1.81. The zero-order valence-electron chi connectivity index (χ0n) is 10.7. The van der Waals surface area contributed by atoms with Crippen LogP contribution in [0.15, 0.2) is 42.7 Å².